The van der Waals surface area contributed by atoms with Gasteiger partial charge in [-0.1, -0.05) is 0 Å². The second-order valence-electron chi connectivity index (χ2n) is 6.77. The average Bonchev–Trinajstić information content (AvgIpc) is 3.08. The minimum atomic E-state index is -4.56. The summed E-state index contributed by atoms with van der Waals surface area (Å²) < 4.78 is 45.0. The van der Waals surface area contributed by atoms with Gasteiger partial charge in [-0.25, -0.2) is 14.6 Å². The lowest BCUT2D eigenvalue weighted by Crippen LogP contribution is -2.47. The second kappa shape index (κ2) is 9.96. The van der Waals surface area contributed by atoms with E-state index < -0.39 is 42.2 Å². The Balaban J connectivity index is 1.92. The number of carbonyl (C=O) groups is 3. The van der Waals surface area contributed by atoms with Crippen LogP contribution in [-0.2, 0) is 34.0 Å². The maximum absolute atomic E-state index is 12.9. The molecular weight excluding hydrogens is 419 g/mol. The Morgan fingerprint density at radius 1 is 1.23 bits per heavy atom. The fourth-order valence-corrected chi connectivity index (χ4v) is 2.72. The highest BCUT2D eigenvalue weighted by atomic mass is 19.4. The lowest BCUT2D eigenvalue weighted by Gasteiger charge is -2.16. The number of anilines is 1. The van der Waals surface area contributed by atoms with E-state index in [1.54, 1.807) is 17.8 Å². The monoisotopic (exact) mass is 441 g/mol. The van der Waals surface area contributed by atoms with Crippen molar-refractivity contribution in [3.8, 4) is 0 Å². The number of hydrogen-bond donors (Lipinski definition) is 3. The molecule has 0 fully saturated rings. The minimum absolute atomic E-state index is 0.0761. The number of benzene rings is 1. The number of hydrogen-bond acceptors (Lipinski definition) is 5. The topological polar surface area (TPSA) is 114 Å². The number of nitrogens with zero attached hydrogens (tertiary/aromatic N) is 2. The summed E-state index contributed by atoms with van der Waals surface area (Å²) in [5.41, 5.74) is -0.133. The van der Waals surface area contributed by atoms with Gasteiger partial charge in [-0.15, -0.1) is 0 Å². The van der Waals surface area contributed by atoms with Crippen molar-refractivity contribution in [1.29, 1.82) is 0 Å². The molecule has 0 spiro atoms. The fraction of sp³-hybridized carbons (Fsp3) is 0.368. The maximum atomic E-state index is 12.9. The van der Waals surface area contributed by atoms with Crippen LogP contribution in [0.25, 0.3) is 0 Å². The molecule has 2 rings (SSSR count). The largest absolute Gasteiger partial charge is 0.467 e. The van der Waals surface area contributed by atoms with E-state index in [9.17, 15) is 27.6 Å². The molecule has 0 aliphatic carbocycles. The van der Waals surface area contributed by atoms with E-state index in [4.69, 9.17) is 0 Å². The smallest absolute Gasteiger partial charge is 0.416 e. The van der Waals surface area contributed by atoms with E-state index in [2.05, 4.69) is 25.7 Å². The van der Waals surface area contributed by atoms with Gasteiger partial charge in [0.1, 0.15) is 6.04 Å². The standard InChI is InChI=1S/C19H22F3N5O4/c1-11-4-12(19(20,21)22)6-13(5-11)25-18(30)23-8-16(28)26-15(17(29)31-3)7-14-9-27(2)10-24-14/h4-6,9-10,15H,7-8H2,1-3H3,(H,26,28)(H2,23,25,30). The Bertz CT molecular complexity index is 958. The number of urea groups is 1. The predicted molar refractivity (Wildman–Crippen MR) is 104 cm³/mol. The first kappa shape index (κ1) is 23.7. The molecule has 1 aromatic heterocycles. The number of imidazole rings is 1. The molecule has 0 saturated carbocycles. The van der Waals surface area contributed by atoms with Gasteiger partial charge in [0.2, 0.25) is 5.91 Å². The van der Waals surface area contributed by atoms with Crippen molar-refractivity contribution < 1.29 is 32.3 Å². The molecule has 168 valence electrons. The number of methoxy groups -OCH3 is 1. The van der Waals surface area contributed by atoms with Crippen molar-refractivity contribution in [1.82, 2.24) is 20.2 Å². The molecular formula is C19H22F3N5O4. The number of halogens is 3. The third-order valence-electron chi connectivity index (χ3n) is 4.06. The van der Waals surface area contributed by atoms with Crippen molar-refractivity contribution >= 4 is 23.6 Å². The van der Waals surface area contributed by atoms with Crippen molar-refractivity contribution in [2.45, 2.75) is 25.6 Å². The zero-order valence-electron chi connectivity index (χ0n) is 17.0. The summed E-state index contributed by atoms with van der Waals surface area (Å²) in [4.78, 5) is 40.1. The summed E-state index contributed by atoms with van der Waals surface area (Å²) >= 11 is 0. The van der Waals surface area contributed by atoms with Crippen LogP contribution in [0.15, 0.2) is 30.7 Å². The molecule has 0 aliphatic heterocycles. The number of ether oxygens (including phenoxy) is 1. The van der Waals surface area contributed by atoms with Gasteiger partial charge >= 0.3 is 18.2 Å². The third-order valence-corrected chi connectivity index (χ3v) is 4.06. The predicted octanol–water partition coefficient (Wildman–Crippen LogP) is 1.77. The lowest BCUT2D eigenvalue weighted by atomic mass is 10.1. The van der Waals surface area contributed by atoms with Crippen LogP contribution in [0.1, 0.15) is 16.8 Å². The van der Waals surface area contributed by atoms with Gasteiger partial charge in [-0.3, -0.25) is 4.79 Å². The molecule has 0 bridgehead atoms. The Morgan fingerprint density at radius 2 is 1.94 bits per heavy atom. The molecule has 0 aliphatic rings. The molecule has 1 atom stereocenters. The lowest BCUT2D eigenvalue weighted by molar-refractivity contribution is -0.145. The van der Waals surface area contributed by atoms with Gasteiger partial charge < -0.3 is 25.3 Å². The van der Waals surface area contributed by atoms with E-state index >= 15 is 0 Å². The van der Waals surface area contributed by atoms with E-state index in [0.717, 1.165) is 12.1 Å². The first-order valence-electron chi connectivity index (χ1n) is 9.05. The Hall–Kier alpha value is -3.57. The highest BCUT2D eigenvalue weighted by molar-refractivity contribution is 5.93. The highest BCUT2D eigenvalue weighted by Crippen LogP contribution is 2.31. The van der Waals surface area contributed by atoms with Crippen LogP contribution in [0.3, 0.4) is 0 Å². The average molecular weight is 441 g/mol. The van der Waals surface area contributed by atoms with Gasteiger partial charge in [-0.05, 0) is 30.7 Å². The number of aromatic nitrogens is 2. The van der Waals surface area contributed by atoms with Crippen molar-refractivity contribution in [3.05, 3.63) is 47.5 Å². The van der Waals surface area contributed by atoms with Gasteiger partial charge in [0.15, 0.2) is 0 Å². The summed E-state index contributed by atoms with van der Waals surface area (Å²) in [7, 11) is 2.92. The normalized spacial score (nSPS) is 12.1. The summed E-state index contributed by atoms with van der Waals surface area (Å²) in [6.07, 6.45) is -1.28. The molecule has 0 radical (unpaired) electrons. The Labute approximate surface area is 176 Å². The van der Waals surface area contributed by atoms with E-state index in [1.165, 1.54) is 26.4 Å². The number of alkyl halides is 3. The fourth-order valence-electron chi connectivity index (χ4n) is 2.72. The van der Waals surface area contributed by atoms with Gasteiger partial charge in [0.25, 0.3) is 0 Å². The first-order chi connectivity index (χ1) is 14.5. The number of nitrogens with one attached hydrogen (secondary N) is 3. The quantitative estimate of drug-likeness (QED) is 0.567. The van der Waals surface area contributed by atoms with Crippen LogP contribution < -0.4 is 16.0 Å². The number of aryl methyl sites for hydroxylation is 2. The molecule has 9 nitrogen and oxygen atoms in total. The molecule has 1 aromatic carbocycles. The molecule has 0 saturated heterocycles. The summed E-state index contributed by atoms with van der Waals surface area (Å²) in [6, 6.07) is 1.18. The molecule has 1 heterocycles. The Kier molecular flexibility index (Phi) is 7.61. The molecule has 2 aromatic rings. The molecule has 12 heteroatoms. The SMILES string of the molecule is COC(=O)C(Cc1cn(C)cn1)NC(=O)CNC(=O)Nc1cc(C)cc(C(F)(F)F)c1. The second-order valence-corrected chi connectivity index (χ2v) is 6.77. The van der Waals surface area contributed by atoms with Gasteiger partial charge in [0, 0.05) is 25.4 Å². The zero-order chi connectivity index (χ0) is 23.2. The van der Waals surface area contributed by atoms with Gasteiger partial charge in [-0.2, -0.15) is 13.2 Å². The van der Waals surface area contributed by atoms with Crippen LogP contribution >= 0.6 is 0 Å². The van der Waals surface area contributed by atoms with E-state index in [0.29, 0.717) is 11.3 Å². The number of esters is 1. The van der Waals surface area contributed by atoms with Crippen LogP contribution in [-0.4, -0.2) is 47.2 Å². The van der Waals surface area contributed by atoms with Gasteiger partial charge in [0.05, 0.1) is 31.2 Å². The molecule has 31 heavy (non-hydrogen) atoms. The zero-order valence-corrected chi connectivity index (χ0v) is 17.0. The van der Waals surface area contributed by atoms with E-state index in [1.807, 2.05) is 0 Å². The van der Waals surface area contributed by atoms with Crippen molar-refractivity contribution in [2.75, 3.05) is 19.0 Å². The summed E-state index contributed by atoms with van der Waals surface area (Å²) in [5.74, 6) is -1.38. The van der Waals surface area contributed by atoms with E-state index in [-0.39, 0.29) is 12.1 Å². The Morgan fingerprint density at radius 3 is 2.52 bits per heavy atom. The van der Waals surface area contributed by atoms with Crippen LogP contribution in [0.5, 0.6) is 0 Å². The van der Waals surface area contributed by atoms with Crippen LogP contribution in [0, 0.1) is 6.92 Å². The van der Waals surface area contributed by atoms with Crippen LogP contribution in [0.4, 0.5) is 23.7 Å². The molecule has 3 amide bonds. The van der Waals surface area contributed by atoms with Crippen LogP contribution in [0.2, 0.25) is 0 Å². The molecule has 3 N–H and O–H groups in total. The number of carbonyl (C=O) groups excluding carboxylic acids is 3. The minimum Gasteiger partial charge on any atom is -0.467 e. The van der Waals surface area contributed by atoms with Crippen molar-refractivity contribution in [2.24, 2.45) is 7.05 Å². The molecule has 1 unspecified atom stereocenters. The highest BCUT2D eigenvalue weighted by Gasteiger charge is 2.31. The number of amides is 3. The summed E-state index contributed by atoms with van der Waals surface area (Å²) in [6.45, 7) is 0.944. The number of rotatable bonds is 7. The summed E-state index contributed by atoms with van der Waals surface area (Å²) in [5, 5.41) is 6.90. The third kappa shape index (κ3) is 7.32. The van der Waals surface area contributed by atoms with Crippen molar-refractivity contribution in [3.63, 3.8) is 0 Å². The maximum Gasteiger partial charge on any atom is 0.416 e. The first-order valence-corrected chi connectivity index (χ1v) is 9.05.